The molecular formula is C10H11ClN2OS. The van der Waals surface area contributed by atoms with E-state index in [4.69, 9.17) is 11.6 Å². The minimum Gasteiger partial charge on any atom is -0.348 e. The van der Waals surface area contributed by atoms with Crippen LogP contribution in [-0.4, -0.2) is 28.4 Å². The van der Waals surface area contributed by atoms with Gasteiger partial charge in [0.15, 0.2) is 0 Å². The molecule has 5 heteroatoms. The Balaban J connectivity index is 2.04. The van der Waals surface area contributed by atoms with E-state index in [0.717, 1.165) is 17.9 Å². The zero-order valence-corrected chi connectivity index (χ0v) is 9.64. The number of halogens is 1. The number of pyridine rings is 1. The highest BCUT2D eigenvalue weighted by Gasteiger charge is 2.19. The Morgan fingerprint density at radius 3 is 3.20 bits per heavy atom. The van der Waals surface area contributed by atoms with Crippen molar-refractivity contribution in [2.45, 2.75) is 12.5 Å². The zero-order valence-electron chi connectivity index (χ0n) is 8.07. The average molecular weight is 243 g/mol. The summed E-state index contributed by atoms with van der Waals surface area (Å²) < 4.78 is 0. The fraction of sp³-hybridized carbons (Fsp3) is 0.400. The molecule has 0 spiro atoms. The summed E-state index contributed by atoms with van der Waals surface area (Å²) in [7, 11) is 0. The van der Waals surface area contributed by atoms with Crippen molar-refractivity contribution < 1.29 is 4.79 Å². The second kappa shape index (κ2) is 4.86. The van der Waals surface area contributed by atoms with Crippen LogP contribution in [0.4, 0.5) is 0 Å². The quantitative estimate of drug-likeness (QED) is 0.862. The van der Waals surface area contributed by atoms with Gasteiger partial charge in [-0.05, 0) is 18.2 Å². The molecule has 1 atom stereocenters. The predicted octanol–water partition coefficient (Wildman–Crippen LogP) is 1.97. The number of rotatable bonds is 2. The topological polar surface area (TPSA) is 42.0 Å². The van der Waals surface area contributed by atoms with Crippen LogP contribution in [0.3, 0.4) is 0 Å². The van der Waals surface area contributed by atoms with Gasteiger partial charge >= 0.3 is 0 Å². The third-order valence-electron chi connectivity index (χ3n) is 2.28. The first-order valence-electron chi connectivity index (χ1n) is 4.75. The van der Waals surface area contributed by atoms with E-state index < -0.39 is 0 Å². The lowest BCUT2D eigenvalue weighted by Gasteiger charge is -2.11. The molecule has 0 radical (unpaired) electrons. The lowest BCUT2D eigenvalue weighted by atomic mass is 10.2. The van der Waals surface area contributed by atoms with Crippen LogP contribution in [0.25, 0.3) is 0 Å². The van der Waals surface area contributed by atoms with E-state index in [1.807, 2.05) is 11.8 Å². The summed E-state index contributed by atoms with van der Waals surface area (Å²) in [6, 6.07) is 1.90. The molecule has 3 nitrogen and oxygen atoms in total. The molecule has 2 rings (SSSR count). The third-order valence-corrected chi connectivity index (χ3v) is 3.77. The first kappa shape index (κ1) is 10.8. The van der Waals surface area contributed by atoms with E-state index in [1.54, 1.807) is 12.3 Å². The van der Waals surface area contributed by atoms with Gasteiger partial charge in [-0.1, -0.05) is 11.6 Å². The zero-order chi connectivity index (χ0) is 10.7. The molecule has 0 aliphatic carbocycles. The van der Waals surface area contributed by atoms with Crippen molar-refractivity contribution in [2.75, 3.05) is 11.5 Å². The Kier molecular flexibility index (Phi) is 3.49. The maximum Gasteiger partial charge on any atom is 0.254 e. The minimum atomic E-state index is -0.124. The van der Waals surface area contributed by atoms with E-state index >= 15 is 0 Å². The maximum absolute atomic E-state index is 11.8. The lowest BCUT2D eigenvalue weighted by molar-refractivity contribution is 0.0941. The van der Waals surface area contributed by atoms with Crippen molar-refractivity contribution in [2.24, 2.45) is 0 Å². The molecule has 1 saturated heterocycles. The molecule has 0 bridgehead atoms. The Labute approximate surface area is 97.6 Å². The monoisotopic (exact) mass is 242 g/mol. The molecule has 2 heterocycles. The summed E-state index contributed by atoms with van der Waals surface area (Å²) >= 11 is 7.76. The van der Waals surface area contributed by atoms with Gasteiger partial charge in [-0.15, -0.1) is 0 Å². The number of hydrogen-bond donors (Lipinski definition) is 1. The standard InChI is InChI=1S/C10H11ClN2OS/c11-9-1-3-12-5-8(9)10(14)13-7-2-4-15-6-7/h1,3,5,7H,2,4,6H2,(H,13,14). The number of thioether (sulfide) groups is 1. The van der Waals surface area contributed by atoms with Gasteiger partial charge in [0.2, 0.25) is 0 Å². The van der Waals surface area contributed by atoms with Crippen molar-refractivity contribution in [3.63, 3.8) is 0 Å². The first-order chi connectivity index (χ1) is 7.27. The maximum atomic E-state index is 11.8. The molecule has 1 fully saturated rings. The fourth-order valence-corrected chi connectivity index (χ4v) is 2.80. The second-order valence-electron chi connectivity index (χ2n) is 3.39. The molecule has 1 aromatic rings. The van der Waals surface area contributed by atoms with Crippen molar-refractivity contribution >= 4 is 29.3 Å². The van der Waals surface area contributed by atoms with Gasteiger partial charge < -0.3 is 5.32 Å². The molecule has 1 unspecified atom stereocenters. The highest BCUT2D eigenvalue weighted by molar-refractivity contribution is 7.99. The van der Waals surface area contributed by atoms with Gasteiger partial charge in [-0.25, -0.2) is 0 Å². The van der Waals surface area contributed by atoms with Crippen molar-refractivity contribution in [1.82, 2.24) is 10.3 Å². The van der Waals surface area contributed by atoms with E-state index in [0.29, 0.717) is 10.6 Å². The Hall–Kier alpha value is -0.740. The molecule has 1 aliphatic heterocycles. The Morgan fingerprint density at radius 2 is 2.53 bits per heavy atom. The number of nitrogens with zero attached hydrogens (tertiary/aromatic N) is 1. The van der Waals surface area contributed by atoms with Crippen LogP contribution < -0.4 is 5.32 Å². The Bertz CT molecular complexity index is 366. The van der Waals surface area contributed by atoms with Crippen LogP contribution in [0.15, 0.2) is 18.5 Å². The first-order valence-corrected chi connectivity index (χ1v) is 6.29. The predicted molar refractivity (Wildman–Crippen MR) is 62.4 cm³/mol. The van der Waals surface area contributed by atoms with Crippen molar-refractivity contribution in [1.29, 1.82) is 0 Å². The number of carbonyl (C=O) groups excluding carboxylic acids is 1. The van der Waals surface area contributed by atoms with Crippen LogP contribution in [0.5, 0.6) is 0 Å². The second-order valence-corrected chi connectivity index (χ2v) is 4.95. The van der Waals surface area contributed by atoms with Crippen molar-refractivity contribution in [3.8, 4) is 0 Å². The SMILES string of the molecule is O=C(NC1CCSC1)c1cnccc1Cl. The molecule has 1 aliphatic rings. The smallest absolute Gasteiger partial charge is 0.254 e. The van der Waals surface area contributed by atoms with Crippen LogP contribution >= 0.6 is 23.4 Å². The molecule has 1 amide bonds. The summed E-state index contributed by atoms with van der Waals surface area (Å²) in [6.45, 7) is 0. The largest absolute Gasteiger partial charge is 0.348 e. The highest BCUT2D eigenvalue weighted by atomic mass is 35.5. The minimum absolute atomic E-state index is 0.124. The fourth-order valence-electron chi connectivity index (χ4n) is 1.46. The summed E-state index contributed by atoms with van der Waals surface area (Å²) in [5.41, 5.74) is 0.455. The summed E-state index contributed by atoms with van der Waals surface area (Å²) in [5, 5.41) is 3.40. The van der Waals surface area contributed by atoms with Crippen LogP contribution in [0.1, 0.15) is 16.8 Å². The van der Waals surface area contributed by atoms with E-state index in [9.17, 15) is 4.79 Å². The van der Waals surface area contributed by atoms with Gasteiger partial charge in [-0.2, -0.15) is 11.8 Å². The average Bonchev–Trinajstić information content (AvgIpc) is 2.71. The van der Waals surface area contributed by atoms with Gasteiger partial charge in [0.25, 0.3) is 5.91 Å². The van der Waals surface area contributed by atoms with Crippen LogP contribution in [0, 0.1) is 0 Å². The number of carbonyl (C=O) groups is 1. The van der Waals surface area contributed by atoms with Gasteiger partial charge in [0.05, 0.1) is 10.6 Å². The molecule has 0 saturated carbocycles. The summed E-state index contributed by atoms with van der Waals surface area (Å²) in [4.78, 5) is 15.7. The molecule has 0 aromatic carbocycles. The molecule has 80 valence electrons. The lowest BCUT2D eigenvalue weighted by Crippen LogP contribution is -2.34. The third kappa shape index (κ3) is 2.63. The van der Waals surface area contributed by atoms with E-state index in [2.05, 4.69) is 10.3 Å². The van der Waals surface area contributed by atoms with Gasteiger partial charge in [0.1, 0.15) is 0 Å². The number of nitrogens with one attached hydrogen (secondary N) is 1. The number of aromatic nitrogens is 1. The summed E-state index contributed by atoms with van der Waals surface area (Å²) in [6.07, 6.45) is 4.11. The van der Waals surface area contributed by atoms with E-state index in [-0.39, 0.29) is 11.9 Å². The number of hydrogen-bond acceptors (Lipinski definition) is 3. The molecule has 1 N–H and O–H groups in total. The number of amides is 1. The molecular weight excluding hydrogens is 232 g/mol. The van der Waals surface area contributed by atoms with Crippen molar-refractivity contribution in [3.05, 3.63) is 29.0 Å². The highest BCUT2D eigenvalue weighted by Crippen LogP contribution is 2.19. The molecule has 1 aromatic heterocycles. The summed E-state index contributed by atoms with van der Waals surface area (Å²) in [5.74, 6) is 1.98. The van der Waals surface area contributed by atoms with Crippen LogP contribution in [0.2, 0.25) is 5.02 Å². The normalized spacial score (nSPS) is 20.2. The van der Waals surface area contributed by atoms with Gasteiger partial charge in [-0.3, -0.25) is 9.78 Å². The molecule has 15 heavy (non-hydrogen) atoms. The van der Waals surface area contributed by atoms with Crippen LogP contribution in [-0.2, 0) is 0 Å². The van der Waals surface area contributed by atoms with Gasteiger partial charge in [0, 0.05) is 24.2 Å². The van der Waals surface area contributed by atoms with E-state index in [1.165, 1.54) is 6.20 Å². The Morgan fingerprint density at radius 1 is 1.67 bits per heavy atom.